The maximum Gasteiger partial charge on any atom is 0.0390 e. The smallest absolute Gasteiger partial charge is 0.0390 e. The number of likely N-dealkylation sites (N-methyl/N-ethyl adjacent to an activating group) is 1. The molecule has 2 heteroatoms. The van der Waals surface area contributed by atoms with E-state index in [1.54, 1.807) is 0 Å². The Kier molecular flexibility index (Phi) is 5.29. The van der Waals surface area contributed by atoms with E-state index in [2.05, 4.69) is 90.4 Å². The lowest BCUT2D eigenvalue weighted by atomic mass is 10.00. The van der Waals surface area contributed by atoms with Crippen LogP contribution in [-0.4, -0.2) is 13.6 Å². The summed E-state index contributed by atoms with van der Waals surface area (Å²) < 4.78 is 0. The molecule has 0 saturated heterocycles. The first-order valence-electron chi connectivity index (χ1n) is 8.43. The second kappa shape index (κ2) is 7.80. The number of hydrogen-bond donors (Lipinski definition) is 2. The highest BCUT2D eigenvalue weighted by Crippen LogP contribution is 2.28. The second-order valence-corrected chi connectivity index (χ2v) is 6.07. The number of benzene rings is 3. The van der Waals surface area contributed by atoms with E-state index >= 15 is 0 Å². The van der Waals surface area contributed by atoms with E-state index in [1.165, 1.54) is 22.3 Å². The van der Waals surface area contributed by atoms with Crippen molar-refractivity contribution in [2.45, 2.75) is 13.3 Å². The molecule has 3 aromatic carbocycles. The minimum atomic E-state index is 1.01. The second-order valence-electron chi connectivity index (χ2n) is 6.07. The first-order chi connectivity index (χ1) is 11.8. The number of nitrogens with one attached hydrogen (secondary N) is 2. The van der Waals surface area contributed by atoms with Gasteiger partial charge in [0.1, 0.15) is 0 Å². The van der Waals surface area contributed by atoms with Crippen molar-refractivity contribution in [2.24, 2.45) is 0 Å². The number of anilines is 2. The third kappa shape index (κ3) is 4.03. The van der Waals surface area contributed by atoms with Crippen LogP contribution in [0.4, 0.5) is 11.4 Å². The van der Waals surface area contributed by atoms with Crippen molar-refractivity contribution < 1.29 is 0 Å². The van der Waals surface area contributed by atoms with Crippen LogP contribution < -0.4 is 10.6 Å². The fourth-order valence-corrected chi connectivity index (χ4v) is 2.82. The van der Waals surface area contributed by atoms with Crippen LogP contribution in [0, 0.1) is 6.92 Å². The first-order valence-corrected chi connectivity index (χ1v) is 8.43. The Hall–Kier alpha value is -2.58. The molecule has 2 nitrogen and oxygen atoms in total. The van der Waals surface area contributed by atoms with Crippen LogP contribution >= 0.6 is 0 Å². The minimum absolute atomic E-state index is 1.01. The van der Waals surface area contributed by atoms with E-state index in [0.29, 0.717) is 0 Å². The summed E-state index contributed by atoms with van der Waals surface area (Å²) in [4.78, 5) is 0. The monoisotopic (exact) mass is 316 g/mol. The van der Waals surface area contributed by atoms with E-state index in [0.717, 1.165) is 24.3 Å². The Bertz CT molecular complexity index is 777. The third-order valence-electron chi connectivity index (χ3n) is 4.23. The van der Waals surface area contributed by atoms with Crippen molar-refractivity contribution in [2.75, 3.05) is 18.9 Å². The summed E-state index contributed by atoms with van der Waals surface area (Å²) in [6.45, 7) is 3.16. The Morgan fingerprint density at radius 1 is 0.792 bits per heavy atom. The summed E-state index contributed by atoms with van der Waals surface area (Å²) in [6, 6.07) is 25.7. The van der Waals surface area contributed by atoms with E-state index in [1.807, 2.05) is 7.05 Å². The van der Waals surface area contributed by atoms with Gasteiger partial charge in [0.05, 0.1) is 0 Å². The normalized spacial score (nSPS) is 10.6. The van der Waals surface area contributed by atoms with Gasteiger partial charge >= 0.3 is 0 Å². The van der Waals surface area contributed by atoms with Crippen LogP contribution in [0.1, 0.15) is 11.1 Å². The Morgan fingerprint density at radius 2 is 1.50 bits per heavy atom. The lowest BCUT2D eigenvalue weighted by Gasteiger charge is -2.12. The summed E-state index contributed by atoms with van der Waals surface area (Å²) in [5.74, 6) is 0. The van der Waals surface area contributed by atoms with Crippen LogP contribution in [-0.2, 0) is 6.42 Å². The van der Waals surface area contributed by atoms with Gasteiger partial charge in [0, 0.05) is 11.4 Å². The van der Waals surface area contributed by atoms with Gasteiger partial charge in [-0.15, -0.1) is 0 Å². The molecule has 0 fully saturated rings. The molecule has 0 unspecified atom stereocenters. The third-order valence-corrected chi connectivity index (χ3v) is 4.23. The Morgan fingerprint density at radius 3 is 2.21 bits per heavy atom. The lowest BCUT2D eigenvalue weighted by molar-refractivity contribution is 0.792. The zero-order valence-corrected chi connectivity index (χ0v) is 14.3. The van der Waals surface area contributed by atoms with Crippen molar-refractivity contribution in [3.05, 3.63) is 83.9 Å². The average molecular weight is 316 g/mol. The van der Waals surface area contributed by atoms with Gasteiger partial charge in [-0.05, 0) is 73.5 Å². The highest BCUT2D eigenvalue weighted by Gasteiger charge is 2.04. The molecule has 0 spiro atoms. The molecule has 24 heavy (non-hydrogen) atoms. The predicted octanol–water partition coefficient (Wildman–Crippen LogP) is 5.17. The molecular weight excluding hydrogens is 292 g/mol. The molecule has 0 aliphatic rings. The molecule has 0 saturated carbocycles. The van der Waals surface area contributed by atoms with Gasteiger partial charge in [-0.2, -0.15) is 0 Å². The Labute approximate surface area is 144 Å². The average Bonchev–Trinajstić information content (AvgIpc) is 2.63. The van der Waals surface area contributed by atoms with E-state index in [4.69, 9.17) is 0 Å². The molecule has 122 valence electrons. The van der Waals surface area contributed by atoms with Crippen LogP contribution in [0.15, 0.2) is 72.8 Å². The van der Waals surface area contributed by atoms with E-state index in [9.17, 15) is 0 Å². The van der Waals surface area contributed by atoms with Crippen molar-refractivity contribution >= 4 is 11.4 Å². The summed E-state index contributed by atoms with van der Waals surface area (Å²) in [5.41, 5.74) is 7.39. The van der Waals surface area contributed by atoms with Crippen LogP contribution in [0.2, 0.25) is 0 Å². The molecule has 0 atom stereocenters. The standard InChI is InChI=1S/C22H24N2/c1-17-8-11-21(16-22(17)19-6-4-3-5-7-19)24-20-12-9-18(10-13-20)14-15-23-2/h3-13,16,23-24H,14-15H2,1-2H3. The van der Waals surface area contributed by atoms with Gasteiger partial charge in [-0.1, -0.05) is 48.5 Å². The molecule has 3 aromatic rings. The summed E-state index contributed by atoms with van der Waals surface area (Å²) in [6.07, 6.45) is 1.06. The first kappa shape index (κ1) is 16.3. The summed E-state index contributed by atoms with van der Waals surface area (Å²) in [5, 5.41) is 6.69. The molecule has 3 rings (SSSR count). The van der Waals surface area contributed by atoms with Crippen molar-refractivity contribution in [3.63, 3.8) is 0 Å². The van der Waals surface area contributed by atoms with Crippen LogP contribution in [0.3, 0.4) is 0 Å². The van der Waals surface area contributed by atoms with E-state index in [-0.39, 0.29) is 0 Å². The van der Waals surface area contributed by atoms with Gasteiger partial charge in [0.15, 0.2) is 0 Å². The van der Waals surface area contributed by atoms with Crippen LogP contribution in [0.5, 0.6) is 0 Å². The molecular formula is C22H24N2. The quantitative estimate of drug-likeness (QED) is 0.656. The fourth-order valence-electron chi connectivity index (χ4n) is 2.82. The molecule has 0 radical (unpaired) electrons. The zero-order chi connectivity index (χ0) is 16.8. The summed E-state index contributed by atoms with van der Waals surface area (Å²) in [7, 11) is 1.98. The SMILES string of the molecule is CNCCc1ccc(Nc2ccc(C)c(-c3ccccc3)c2)cc1. The fraction of sp³-hybridized carbons (Fsp3) is 0.182. The van der Waals surface area contributed by atoms with Gasteiger partial charge in [0.2, 0.25) is 0 Å². The van der Waals surface area contributed by atoms with E-state index < -0.39 is 0 Å². The minimum Gasteiger partial charge on any atom is -0.356 e. The van der Waals surface area contributed by atoms with Gasteiger partial charge < -0.3 is 10.6 Å². The van der Waals surface area contributed by atoms with Crippen molar-refractivity contribution in [3.8, 4) is 11.1 Å². The molecule has 0 heterocycles. The highest BCUT2D eigenvalue weighted by molar-refractivity contribution is 5.73. The topological polar surface area (TPSA) is 24.1 Å². The Balaban J connectivity index is 1.78. The molecule has 0 aliphatic carbocycles. The predicted molar refractivity (Wildman–Crippen MR) is 104 cm³/mol. The maximum atomic E-state index is 3.51. The zero-order valence-electron chi connectivity index (χ0n) is 14.3. The highest BCUT2D eigenvalue weighted by atomic mass is 14.9. The number of rotatable bonds is 6. The van der Waals surface area contributed by atoms with Crippen molar-refractivity contribution in [1.82, 2.24) is 5.32 Å². The molecule has 0 amide bonds. The van der Waals surface area contributed by atoms with Gasteiger partial charge in [-0.3, -0.25) is 0 Å². The van der Waals surface area contributed by atoms with Crippen LogP contribution in [0.25, 0.3) is 11.1 Å². The largest absolute Gasteiger partial charge is 0.356 e. The van der Waals surface area contributed by atoms with Crippen molar-refractivity contribution in [1.29, 1.82) is 0 Å². The van der Waals surface area contributed by atoms with Gasteiger partial charge in [-0.25, -0.2) is 0 Å². The maximum absolute atomic E-state index is 3.51. The lowest BCUT2D eigenvalue weighted by Crippen LogP contribution is -2.10. The molecule has 0 aliphatic heterocycles. The number of hydrogen-bond acceptors (Lipinski definition) is 2. The summed E-state index contributed by atoms with van der Waals surface area (Å²) >= 11 is 0. The van der Waals surface area contributed by atoms with Gasteiger partial charge in [0.25, 0.3) is 0 Å². The number of aryl methyl sites for hydroxylation is 1. The molecule has 2 N–H and O–H groups in total. The molecule has 0 aromatic heterocycles. The molecule has 0 bridgehead atoms.